The maximum Gasteiger partial charge on any atom is 0.146 e. The summed E-state index contributed by atoms with van der Waals surface area (Å²) in [6, 6.07) is 3.81. The molecule has 3 aliphatic rings. The fourth-order valence-electron chi connectivity index (χ4n) is 4.04. The molecule has 0 spiro atoms. The van der Waals surface area contributed by atoms with Crippen LogP contribution in [0.5, 0.6) is 0 Å². The molecule has 25 heavy (non-hydrogen) atoms. The van der Waals surface area contributed by atoms with Gasteiger partial charge in [-0.1, -0.05) is 0 Å². The molecule has 2 saturated heterocycles. The summed E-state index contributed by atoms with van der Waals surface area (Å²) in [6.45, 7) is 0.621. The van der Waals surface area contributed by atoms with Crippen LogP contribution in [0.2, 0.25) is 0 Å². The maximum absolute atomic E-state index is 14.5. The normalized spacial score (nSPS) is 28.5. The molecule has 2 bridgehead atoms. The number of halogens is 1. The summed E-state index contributed by atoms with van der Waals surface area (Å²) in [5.41, 5.74) is 8.03. The van der Waals surface area contributed by atoms with E-state index >= 15 is 0 Å². The first kappa shape index (κ1) is 16.7. The van der Waals surface area contributed by atoms with Gasteiger partial charge in [-0.2, -0.15) is 0 Å². The Hall–Kier alpha value is -1.79. The number of aryl methyl sites for hydroxylation is 1. The van der Waals surface area contributed by atoms with Gasteiger partial charge in [0.1, 0.15) is 11.6 Å². The van der Waals surface area contributed by atoms with Gasteiger partial charge < -0.3 is 15.4 Å². The van der Waals surface area contributed by atoms with Crippen LogP contribution in [-0.4, -0.2) is 41.8 Å². The minimum absolute atomic E-state index is 0.140. The number of nitrogens with zero attached hydrogens (tertiary/aromatic N) is 3. The van der Waals surface area contributed by atoms with Crippen molar-refractivity contribution in [1.82, 2.24) is 9.97 Å². The highest BCUT2D eigenvalue weighted by Gasteiger charge is 2.47. The zero-order valence-corrected chi connectivity index (χ0v) is 14.9. The quantitative estimate of drug-likeness (QED) is 0.924. The molecular formula is C19H25FN4O. The predicted molar refractivity (Wildman–Crippen MR) is 96.2 cm³/mol. The lowest BCUT2D eigenvalue weighted by Gasteiger charge is -2.51. The Bertz CT molecular complexity index is 783. The third-order valence-corrected chi connectivity index (χ3v) is 5.86. The van der Waals surface area contributed by atoms with Crippen LogP contribution in [-0.2, 0) is 11.2 Å². The SMILES string of the molecule is CN(C)c1ccc2ncc(F)c(CCC34CCC(N)(CC3)CO4)c2n1. The molecule has 0 unspecified atom stereocenters. The molecule has 2 aliphatic heterocycles. The summed E-state index contributed by atoms with van der Waals surface area (Å²) < 4.78 is 20.6. The van der Waals surface area contributed by atoms with Crippen molar-refractivity contribution >= 4 is 16.9 Å². The van der Waals surface area contributed by atoms with Gasteiger partial charge in [-0.15, -0.1) is 0 Å². The lowest BCUT2D eigenvalue weighted by atomic mass is 9.70. The molecule has 3 fully saturated rings. The third-order valence-electron chi connectivity index (χ3n) is 5.86. The molecule has 5 rings (SSSR count). The van der Waals surface area contributed by atoms with Crippen LogP contribution in [0.25, 0.3) is 11.0 Å². The Kier molecular flexibility index (Phi) is 3.92. The molecule has 5 nitrogen and oxygen atoms in total. The van der Waals surface area contributed by atoms with Crippen molar-refractivity contribution < 1.29 is 9.13 Å². The van der Waals surface area contributed by atoms with Crippen molar-refractivity contribution in [3.63, 3.8) is 0 Å². The molecule has 4 heterocycles. The summed E-state index contributed by atoms with van der Waals surface area (Å²) in [4.78, 5) is 10.7. The smallest absolute Gasteiger partial charge is 0.146 e. The molecule has 0 atom stereocenters. The number of aromatic nitrogens is 2. The largest absolute Gasteiger partial charge is 0.373 e. The van der Waals surface area contributed by atoms with Gasteiger partial charge in [0.25, 0.3) is 0 Å². The van der Waals surface area contributed by atoms with Gasteiger partial charge in [0, 0.05) is 25.2 Å². The minimum atomic E-state index is -0.285. The van der Waals surface area contributed by atoms with E-state index in [-0.39, 0.29) is 17.0 Å². The molecule has 6 heteroatoms. The Labute approximate surface area is 147 Å². The number of rotatable bonds is 4. The van der Waals surface area contributed by atoms with Crippen LogP contribution in [0.4, 0.5) is 10.2 Å². The molecule has 1 aliphatic carbocycles. The first-order valence-corrected chi connectivity index (χ1v) is 8.94. The van der Waals surface area contributed by atoms with E-state index in [1.165, 1.54) is 6.20 Å². The fourth-order valence-corrected chi connectivity index (χ4v) is 4.04. The molecule has 2 N–H and O–H groups in total. The van der Waals surface area contributed by atoms with E-state index in [1.807, 2.05) is 31.1 Å². The summed E-state index contributed by atoms with van der Waals surface area (Å²) in [6.07, 6.45) is 6.62. The molecule has 0 radical (unpaired) electrons. The Morgan fingerprint density at radius 3 is 2.64 bits per heavy atom. The van der Waals surface area contributed by atoms with Gasteiger partial charge in [0.15, 0.2) is 0 Å². The number of pyridine rings is 2. The standard InChI is InChI=1S/C19H25FN4O/c1-24(2)16-4-3-15-17(23-16)13(14(20)11-22-15)5-6-19-9-7-18(21,8-10-19)12-25-19/h3-4,11H,5-10,12,21H2,1-2H3. The van der Waals surface area contributed by atoms with Crippen molar-refractivity contribution in [3.05, 3.63) is 29.7 Å². The molecule has 2 aromatic rings. The first-order valence-electron chi connectivity index (χ1n) is 8.94. The molecule has 0 aromatic carbocycles. The maximum atomic E-state index is 14.5. The van der Waals surface area contributed by atoms with Crippen LogP contribution >= 0.6 is 0 Å². The van der Waals surface area contributed by atoms with Gasteiger partial charge >= 0.3 is 0 Å². The van der Waals surface area contributed by atoms with Crippen molar-refractivity contribution in [3.8, 4) is 0 Å². The van der Waals surface area contributed by atoms with Crippen LogP contribution in [0.1, 0.15) is 37.7 Å². The molecular weight excluding hydrogens is 319 g/mol. The van der Waals surface area contributed by atoms with E-state index in [4.69, 9.17) is 10.5 Å². The Morgan fingerprint density at radius 2 is 2.00 bits per heavy atom. The topological polar surface area (TPSA) is 64.3 Å². The number of ether oxygens (including phenoxy) is 1. The zero-order valence-electron chi connectivity index (χ0n) is 14.9. The number of fused-ring (bicyclic) bond motifs is 4. The van der Waals surface area contributed by atoms with E-state index in [0.29, 0.717) is 24.1 Å². The second-order valence-corrected chi connectivity index (χ2v) is 7.85. The second kappa shape index (κ2) is 5.88. The van der Waals surface area contributed by atoms with Crippen LogP contribution in [0, 0.1) is 5.82 Å². The minimum Gasteiger partial charge on any atom is -0.373 e. The van der Waals surface area contributed by atoms with Gasteiger partial charge in [-0.3, -0.25) is 4.98 Å². The van der Waals surface area contributed by atoms with Gasteiger partial charge in [0.2, 0.25) is 0 Å². The fraction of sp³-hybridized carbons (Fsp3) is 0.579. The Morgan fingerprint density at radius 1 is 1.24 bits per heavy atom. The van der Waals surface area contributed by atoms with Crippen LogP contribution in [0.3, 0.4) is 0 Å². The average Bonchev–Trinajstić information content (AvgIpc) is 2.62. The van der Waals surface area contributed by atoms with E-state index in [2.05, 4.69) is 9.97 Å². The van der Waals surface area contributed by atoms with E-state index in [1.54, 1.807) is 0 Å². The monoisotopic (exact) mass is 344 g/mol. The van der Waals surface area contributed by atoms with Crippen molar-refractivity contribution in [2.24, 2.45) is 5.73 Å². The highest BCUT2D eigenvalue weighted by molar-refractivity contribution is 5.79. The van der Waals surface area contributed by atoms with Gasteiger partial charge in [0.05, 0.1) is 29.4 Å². The van der Waals surface area contributed by atoms with Crippen molar-refractivity contribution in [1.29, 1.82) is 0 Å². The lowest BCUT2D eigenvalue weighted by Crippen LogP contribution is -2.59. The van der Waals surface area contributed by atoms with E-state index in [0.717, 1.165) is 43.4 Å². The zero-order chi connectivity index (χ0) is 17.7. The van der Waals surface area contributed by atoms with Crippen molar-refractivity contribution in [2.45, 2.75) is 49.7 Å². The molecule has 134 valence electrons. The van der Waals surface area contributed by atoms with Gasteiger partial charge in [-0.25, -0.2) is 9.37 Å². The summed E-state index contributed by atoms with van der Waals surface area (Å²) in [5.74, 6) is 0.519. The highest BCUT2D eigenvalue weighted by Crippen LogP contribution is 2.45. The molecule has 0 amide bonds. The third kappa shape index (κ3) is 2.98. The van der Waals surface area contributed by atoms with Crippen LogP contribution in [0.15, 0.2) is 18.3 Å². The molecule has 1 saturated carbocycles. The second-order valence-electron chi connectivity index (χ2n) is 7.85. The first-order chi connectivity index (χ1) is 11.9. The van der Waals surface area contributed by atoms with E-state index < -0.39 is 0 Å². The summed E-state index contributed by atoms with van der Waals surface area (Å²) in [7, 11) is 3.85. The number of anilines is 1. The number of hydrogen-bond acceptors (Lipinski definition) is 5. The lowest BCUT2D eigenvalue weighted by molar-refractivity contribution is -0.156. The number of hydrogen-bond donors (Lipinski definition) is 1. The predicted octanol–water partition coefficient (Wildman–Crippen LogP) is 2.81. The molecule has 2 aromatic heterocycles. The van der Waals surface area contributed by atoms with E-state index in [9.17, 15) is 4.39 Å². The van der Waals surface area contributed by atoms with Crippen LogP contribution < -0.4 is 10.6 Å². The summed E-state index contributed by atoms with van der Waals surface area (Å²) >= 11 is 0. The van der Waals surface area contributed by atoms with Crippen molar-refractivity contribution in [2.75, 3.05) is 25.6 Å². The van der Waals surface area contributed by atoms with Gasteiger partial charge in [-0.05, 0) is 50.7 Å². The highest BCUT2D eigenvalue weighted by atomic mass is 19.1. The summed E-state index contributed by atoms with van der Waals surface area (Å²) in [5, 5.41) is 0. The average molecular weight is 344 g/mol. The number of nitrogens with two attached hydrogens (primary N) is 1. The Balaban J connectivity index is 1.62.